The molecule has 0 saturated heterocycles. The highest BCUT2D eigenvalue weighted by Gasteiger charge is 2.14. The largest absolute Gasteiger partial charge is 0.294 e. The first-order chi connectivity index (χ1) is 9.93. The van der Waals surface area contributed by atoms with E-state index in [0.717, 1.165) is 0 Å². The average Bonchev–Trinajstić information content (AvgIpc) is 2.47. The highest BCUT2D eigenvalue weighted by Crippen LogP contribution is 2.22. The molecule has 0 amide bonds. The third-order valence-electron chi connectivity index (χ3n) is 3.01. The molecule has 0 aliphatic heterocycles. The Morgan fingerprint density at radius 2 is 2.10 bits per heavy atom. The Morgan fingerprint density at radius 1 is 1.38 bits per heavy atom. The zero-order valence-electron chi connectivity index (χ0n) is 11.6. The standard InChI is InChI=1S/C14H13N3O4/c1-3-16-14(19)12(9(2)18)8-13(15-16)10-5-4-6-11(7-10)17(20)21/h4-8H,3H2,1-2H3. The fourth-order valence-corrected chi connectivity index (χ4v) is 1.93. The van der Waals surface area contributed by atoms with E-state index in [1.807, 2.05) is 0 Å². The molecule has 21 heavy (non-hydrogen) atoms. The molecule has 0 saturated carbocycles. The Hall–Kier alpha value is -2.83. The molecule has 0 atom stereocenters. The lowest BCUT2D eigenvalue weighted by atomic mass is 10.1. The van der Waals surface area contributed by atoms with Gasteiger partial charge in [-0.05, 0) is 19.9 Å². The van der Waals surface area contributed by atoms with Crippen LogP contribution in [0.15, 0.2) is 35.1 Å². The van der Waals surface area contributed by atoms with Gasteiger partial charge >= 0.3 is 0 Å². The van der Waals surface area contributed by atoms with Crippen LogP contribution in [0.4, 0.5) is 5.69 Å². The van der Waals surface area contributed by atoms with Gasteiger partial charge in [0.2, 0.25) is 0 Å². The van der Waals surface area contributed by atoms with E-state index >= 15 is 0 Å². The number of aryl methyl sites for hydroxylation is 1. The van der Waals surface area contributed by atoms with Gasteiger partial charge in [-0.15, -0.1) is 0 Å². The smallest absolute Gasteiger partial charge is 0.277 e. The van der Waals surface area contributed by atoms with Gasteiger partial charge in [0, 0.05) is 24.2 Å². The van der Waals surface area contributed by atoms with Crippen LogP contribution in [0.5, 0.6) is 0 Å². The maximum atomic E-state index is 12.0. The monoisotopic (exact) mass is 287 g/mol. The number of rotatable bonds is 4. The topological polar surface area (TPSA) is 95.1 Å². The summed E-state index contributed by atoms with van der Waals surface area (Å²) in [5.41, 5.74) is 0.319. The second-order valence-electron chi connectivity index (χ2n) is 4.43. The van der Waals surface area contributed by atoms with Crippen molar-refractivity contribution in [3.8, 4) is 11.3 Å². The van der Waals surface area contributed by atoms with Gasteiger partial charge in [-0.2, -0.15) is 5.10 Å². The van der Waals surface area contributed by atoms with Crippen molar-refractivity contribution in [2.24, 2.45) is 0 Å². The Bertz CT molecular complexity index is 780. The SMILES string of the molecule is CCn1nc(-c2cccc([N+](=O)[O-])c2)cc(C(C)=O)c1=O. The molecule has 2 rings (SSSR count). The molecule has 0 unspecified atom stereocenters. The maximum Gasteiger partial charge on any atom is 0.277 e. The van der Waals surface area contributed by atoms with E-state index in [-0.39, 0.29) is 17.0 Å². The first-order valence-electron chi connectivity index (χ1n) is 6.32. The maximum absolute atomic E-state index is 12.0. The number of hydrogen-bond donors (Lipinski definition) is 0. The molecule has 0 bridgehead atoms. The summed E-state index contributed by atoms with van der Waals surface area (Å²) >= 11 is 0. The lowest BCUT2D eigenvalue weighted by Gasteiger charge is -2.07. The molecular weight excluding hydrogens is 274 g/mol. The van der Waals surface area contributed by atoms with E-state index in [1.54, 1.807) is 13.0 Å². The summed E-state index contributed by atoms with van der Waals surface area (Å²) in [6.07, 6.45) is 0. The number of ketones is 1. The summed E-state index contributed by atoms with van der Waals surface area (Å²) in [6, 6.07) is 7.27. The zero-order chi connectivity index (χ0) is 15.6. The van der Waals surface area contributed by atoms with Crippen LogP contribution >= 0.6 is 0 Å². The molecule has 108 valence electrons. The van der Waals surface area contributed by atoms with Crippen LogP contribution in [-0.2, 0) is 6.54 Å². The fraction of sp³-hybridized carbons (Fsp3) is 0.214. The molecular formula is C14H13N3O4. The number of non-ortho nitro benzene ring substituents is 1. The molecule has 0 aliphatic carbocycles. The van der Waals surface area contributed by atoms with Gasteiger partial charge in [-0.3, -0.25) is 19.7 Å². The third kappa shape index (κ3) is 2.86. The average molecular weight is 287 g/mol. The minimum atomic E-state index is -0.509. The van der Waals surface area contributed by atoms with Crippen LogP contribution in [0, 0.1) is 10.1 Å². The molecule has 0 fully saturated rings. The Morgan fingerprint density at radius 3 is 2.67 bits per heavy atom. The second kappa shape index (κ2) is 5.66. The number of hydrogen-bond acceptors (Lipinski definition) is 5. The Kier molecular flexibility index (Phi) is 3.93. The Balaban J connectivity index is 2.66. The quantitative estimate of drug-likeness (QED) is 0.487. The summed E-state index contributed by atoms with van der Waals surface area (Å²) in [7, 11) is 0. The van der Waals surface area contributed by atoms with Crippen LogP contribution < -0.4 is 5.56 Å². The lowest BCUT2D eigenvalue weighted by molar-refractivity contribution is -0.384. The highest BCUT2D eigenvalue weighted by molar-refractivity contribution is 5.94. The van der Waals surface area contributed by atoms with Gasteiger partial charge in [0.15, 0.2) is 5.78 Å². The third-order valence-corrected chi connectivity index (χ3v) is 3.01. The molecule has 0 spiro atoms. The van der Waals surface area contributed by atoms with Crippen molar-refractivity contribution in [1.29, 1.82) is 0 Å². The van der Waals surface area contributed by atoms with Gasteiger partial charge in [0.1, 0.15) is 0 Å². The number of nitro groups is 1. The van der Waals surface area contributed by atoms with Crippen molar-refractivity contribution < 1.29 is 9.72 Å². The predicted octanol–water partition coefficient (Wildman–Crippen LogP) is 2.04. The van der Waals surface area contributed by atoms with Crippen LogP contribution in [0.1, 0.15) is 24.2 Å². The van der Waals surface area contributed by atoms with Crippen molar-refractivity contribution >= 4 is 11.5 Å². The van der Waals surface area contributed by atoms with E-state index in [1.165, 1.54) is 35.9 Å². The summed E-state index contributed by atoms with van der Waals surface area (Å²) in [5.74, 6) is -0.365. The van der Waals surface area contributed by atoms with Crippen LogP contribution in [0.2, 0.25) is 0 Å². The van der Waals surface area contributed by atoms with Gasteiger partial charge in [-0.1, -0.05) is 12.1 Å². The van der Waals surface area contributed by atoms with E-state index < -0.39 is 10.5 Å². The van der Waals surface area contributed by atoms with Crippen LogP contribution in [0.3, 0.4) is 0 Å². The predicted molar refractivity (Wildman–Crippen MR) is 76.3 cm³/mol. The molecule has 2 aromatic rings. The van der Waals surface area contributed by atoms with Gasteiger partial charge in [-0.25, -0.2) is 4.68 Å². The van der Waals surface area contributed by atoms with Crippen molar-refractivity contribution in [2.45, 2.75) is 20.4 Å². The molecule has 1 aromatic heterocycles. The lowest BCUT2D eigenvalue weighted by Crippen LogP contribution is -2.27. The molecule has 7 heteroatoms. The Labute approximate surface area is 120 Å². The van der Waals surface area contributed by atoms with E-state index in [4.69, 9.17) is 0 Å². The molecule has 1 heterocycles. The summed E-state index contributed by atoms with van der Waals surface area (Å²) in [6.45, 7) is 3.34. The minimum absolute atomic E-state index is 0.0216. The van der Waals surface area contributed by atoms with Crippen molar-refractivity contribution in [2.75, 3.05) is 0 Å². The first-order valence-corrected chi connectivity index (χ1v) is 6.32. The minimum Gasteiger partial charge on any atom is -0.294 e. The molecule has 0 N–H and O–H groups in total. The number of nitrogens with zero attached hydrogens (tertiary/aromatic N) is 3. The van der Waals surface area contributed by atoms with Gasteiger partial charge in [0.05, 0.1) is 16.2 Å². The molecule has 0 radical (unpaired) electrons. The number of nitro benzene ring substituents is 1. The molecule has 1 aromatic carbocycles. The van der Waals surface area contributed by atoms with Gasteiger partial charge < -0.3 is 0 Å². The fourth-order valence-electron chi connectivity index (χ4n) is 1.93. The molecule has 7 nitrogen and oxygen atoms in total. The van der Waals surface area contributed by atoms with Crippen molar-refractivity contribution in [3.63, 3.8) is 0 Å². The first kappa shape index (κ1) is 14.6. The normalized spacial score (nSPS) is 10.4. The number of aromatic nitrogens is 2. The second-order valence-corrected chi connectivity index (χ2v) is 4.43. The number of Topliss-reactive ketones (excluding diaryl/α,β-unsaturated/α-hetero) is 1. The summed E-state index contributed by atoms with van der Waals surface area (Å²) in [4.78, 5) is 33.8. The zero-order valence-corrected chi connectivity index (χ0v) is 11.6. The van der Waals surface area contributed by atoms with E-state index in [2.05, 4.69) is 5.10 Å². The van der Waals surface area contributed by atoms with Crippen LogP contribution in [-0.4, -0.2) is 20.5 Å². The van der Waals surface area contributed by atoms with Crippen LogP contribution in [0.25, 0.3) is 11.3 Å². The number of benzene rings is 1. The van der Waals surface area contributed by atoms with Crippen molar-refractivity contribution in [1.82, 2.24) is 9.78 Å². The highest BCUT2D eigenvalue weighted by atomic mass is 16.6. The number of carbonyl (C=O) groups excluding carboxylic acids is 1. The van der Waals surface area contributed by atoms with Gasteiger partial charge in [0.25, 0.3) is 11.2 Å². The van der Waals surface area contributed by atoms with Crippen molar-refractivity contribution in [3.05, 3.63) is 56.4 Å². The molecule has 0 aliphatic rings. The summed E-state index contributed by atoms with van der Waals surface area (Å²) < 4.78 is 1.17. The van der Waals surface area contributed by atoms with E-state index in [0.29, 0.717) is 17.8 Å². The number of carbonyl (C=O) groups is 1. The summed E-state index contributed by atoms with van der Waals surface area (Å²) in [5, 5.41) is 14.9. The van der Waals surface area contributed by atoms with E-state index in [9.17, 15) is 19.7 Å².